The molecule has 1 aliphatic heterocycles. The smallest absolute Gasteiger partial charge is 0.550 e. The van der Waals surface area contributed by atoms with Crippen LogP contribution in [0, 0.1) is 11.3 Å². The fourth-order valence-electron chi connectivity index (χ4n) is 3.72. The van der Waals surface area contributed by atoms with Crippen LogP contribution in [-0.2, 0) is 31.0 Å². The van der Waals surface area contributed by atoms with Gasteiger partial charge in [-0.1, -0.05) is 36.4 Å². The van der Waals surface area contributed by atoms with Gasteiger partial charge in [0.25, 0.3) is 0 Å². The van der Waals surface area contributed by atoms with Crippen LogP contribution < -0.4 is 28.7 Å². The van der Waals surface area contributed by atoms with E-state index in [2.05, 4.69) is 17.0 Å². The molecule has 152 valence electrons. The number of ether oxygens (including phenoxy) is 1. The number of carboxylic acids is 1. The second-order valence-electron chi connectivity index (χ2n) is 7.50. The number of carbonyl (C=O) groups is 1. The quantitative estimate of drug-likeness (QED) is 0.492. The molecule has 0 fully saturated rings. The van der Waals surface area contributed by atoms with E-state index < -0.39 is 11.9 Å². The van der Waals surface area contributed by atoms with Crippen molar-refractivity contribution in [2.45, 2.75) is 38.6 Å². The average Bonchev–Trinajstić information content (AvgIpc) is 3.33. The predicted molar refractivity (Wildman–Crippen MR) is 107 cm³/mol. The van der Waals surface area contributed by atoms with Gasteiger partial charge in [-0.05, 0) is 28.8 Å². The van der Waals surface area contributed by atoms with E-state index in [4.69, 9.17) is 14.4 Å². The van der Waals surface area contributed by atoms with Crippen molar-refractivity contribution in [2.75, 3.05) is 0 Å². The van der Waals surface area contributed by atoms with E-state index in [9.17, 15) is 9.90 Å². The largest absolute Gasteiger partial charge is 1.00 e. The minimum absolute atomic E-state index is 0. The molecule has 0 saturated heterocycles. The summed E-state index contributed by atoms with van der Waals surface area (Å²) < 4.78 is 11.1. The number of benzene rings is 2. The van der Waals surface area contributed by atoms with Gasteiger partial charge in [0.05, 0.1) is 24.5 Å². The first-order chi connectivity index (χ1) is 14.6. The zero-order valence-electron chi connectivity index (χ0n) is 17.4. The van der Waals surface area contributed by atoms with Crippen molar-refractivity contribution >= 4 is 5.97 Å². The minimum Gasteiger partial charge on any atom is -0.550 e. The third-order valence-electron chi connectivity index (χ3n) is 5.23. The van der Waals surface area contributed by atoms with Crippen molar-refractivity contribution in [3.8, 4) is 11.8 Å². The van der Waals surface area contributed by atoms with Crippen LogP contribution in [0.15, 0.2) is 65.5 Å². The minimum atomic E-state index is -1.24. The number of hydrogen-bond donors (Lipinski definition) is 0. The first-order valence-corrected chi connectivity index (χ1v) is 9.77. The Kier molecular flexibility index (Phi) is 7.60. The number of nitrogens with zero attached hydrogens (tertiary/aromatic N) is 2. The van der Waals surface area contributed by atoms with Crippen LogP contribution in [0.3, 0.4) is 0 Å². The van der Waals surface area contributed by atoms with Crippen LogP contribution >= 0.6 is 0 Å². The molecule has 7 heteroatoms. The number of carboxylic acid groups (broad SMARTS) is 1. The van der Waals surface area contributed by atoms with E-state index in [0.29, 0.717) is 17.9 Å². The maximum absolute atomic E-state index is 10.8. The third-order valence-corrected chi connectivity index (χ3v) is 5.23. The Morgan fingerprint density at radius 2 is 1.81 bits per heavy atom. The van der Waals surface area contributed by atoms with Gasteiger partial charge in [-0.15, -0.1) is 0 Å². The van der Waals surface area contributed by atoms with E-state index in [-0.39, 0.29) is 25.3 Å². The fourth-order valence-corrected chi connectivity index (χ4v) is 3.72. The van der Waals surface area contributed by atoms with E-state index >= 15 is 0 Å². The first kappa shape index (κ1) is 22.7. The van der Waals surface area contributed by atoms with Gasteiger partial charge in [-0.25, -0.2) is 0 Å². The molecular formula is C24H21LiN2O4. The van der Waals surface area contributed by atoms with Gasteiger partial charge in [0.2, 0.25) is 0 Å². The van der Waals surface area contributed by atoms with Crippen molar-refractivity contribution in [3.05, 3.63) is 88.9 Å². The Bertz CT molecular complexity index is 1050. The molecule has 2 heterocycles. The zero-order valence-corrected chi connectivity index (χ0v) is 17.4. The van der Waals surface area contributed by atoms with Crippen molar-refractivity contribution < 1.29 is 37.9 Å². The molecule has 0 bridgehead atoms. The molecule has 1 aromatic heterocycles. The number of rotatable bonds is 8. The summed E-state index contributed by atoms with van der Waals surface area (Å²) in [5.74, 6) is -1.29. The SMILES string of the molecule is N#CC(CC(=O)[O-])c1ccc(OCc2cccc(CN3Cc4cocc4C3)c2)cc1.[Li+]. The van der Waals surface area contributed by atoms with E-state index in [1.807, 2.05) is 30.7 Å². The van der Waals surface area contributed by atoms with Crippen LogP contribution in [0.4, 0.5) is 0 Å². The molecular weight excluding hydrogens is 387 g/mol. The summed E-state index contributed by atoms with van der Waals surface area (Å²) in [5, 5.41) is 19.9. The van der Waals surface area contributed by atoms with E-state index in [0.717, 1.165) is 25.2 Å². The molecule has 0 spiro atoms. The molecule has 31 heavy (non-hydrogen) atoms. The van der Waals surface area contributed by atoms with E-state index in [1.54, 1.807) is 24.3 Å². The summed E-state index contributed by atoms with van der Waals surface area (Å²) in [6, 6.07) is 17.3. The Balaban J connectivity index is 0.00000272. The second kappa shape index (κ2) is 10.4. The standard InChI is InChI=1S/C24H22N2O4.Li/c25-10-20(9-24(27)28)19-4-6-23(7-5-19)30-14-18-3-1-2-17(8-18)11-26-12-21-15-29-16-22(21)13-26;/h1-8,15-16,20H,9,11-14H2,(H,27,28);/q;+1/p-1. The average molecular weight is 408 g/mol. The Morgan fingerprint density at radius 3 is 2.45 bits per heavy atom. The zero-order chi connectivity index (χ0) is 20.9. The summed E-state index contributed by atoms with van der Waals surface area (Å²) in [7, 11) is 0. The monoisotopic (exact) mass is 408 g/mol. The fraction of sp³-hybridized carbons (Fsp3) is 0.250. The van der Waals surface area contributed by atoms with Gasteiger partial charge in [0.15, 0.2) is 0 Å². The van der Waals surface area contributed by atoms with E-state index in [1.165, 1.54) is 16.7 Å². The predicted octanol–water partition coefficient (Wildman–Crippen LogP) is 0.126. The molecule has 1 aliphatic rings. The van der Waals surface area contributed by atoms with Crippen molar-refractivity contribution in [3.63, 3.8) is 0 Å². The number of nitriles is 1. The van der Waals surface area contributed by atoms with Gasteiger partial charge >= 0.3 is 18.9 Å². The van der Waals surface area contributed by atoms with Gasteiger partial charge in [-0.3, -0.25) is 4.90 Å². The number of carbonyl (C=O) groups excluding carboxylic acids is 1. The van der Waals surface area contributed by atoms with Gasteiger partial charge in [0.1, 0.15) is 12.4 Å². The summed E-state index contributed by atoms with van der Waals surface area (Å²) in [5.41, 5.74) is 5.46. The molecule has 6 nitrogen and oxygen atoms in total. The molecule has 1 unspecified atom stereocenters. The second-order valence-corrected chi connectivity index (χ2v) is 7.50. The maximum atomic E-state index is 10.8. The number of fused-ring (bicyclic) bond motifs is 1. The molecule has 0 N–H and O–H groups in total. The number of hydrogen-bond acceptors (Lipinski definition) is 6. The van der Waals surface area contributed by atoms with Crippen LogP contribution in [0.25, 0.3) is 0 Å². The molecule has 0 amide bonds. The summed E-state index contributed by atoms with van der Waals surface area (Å²) in [6.07, 6.45) is 3.33. The Hall–Kier alpha value is -2.96. The third kappa shape index (κ3) is 5.80. The first-order valence-electron chi connectivity index (χ1n) is 9.77. The van der Waals surface area contributed by atoms with Crippen LogP contribution in [0.5, 0.6) is 5.75 Å². The summed E-state index contributed by atoms with van der Waals surface area (Å²) in [4.78, 5) is 13.1. The molecule has 1 atom stereocenters. The van der Waals surface area contributed by atoms with Crippen molar-refractivity contribution in [1.29, 1.82) is 5.26 Å². The van der Waals surface area contributed by atoms with Gasteiger partial charge < -0.3 is 19.1 Å². The summed E-state index contributed by atoms with van der Waals surface area (Å²) >= 11 is 0. The topological polar surface area (TPSA) is 89.5 Å². The van der Waals surface area contributed by atoms with Gasteiger partial charge in [0, 0.05) is 43.2 Å². The molecule has 0 aliphatic carbocycles. The molecule has 4 rings (SSSR count). The molecule has 2 aromatic carbocycles. The Morgan fingerprint density at radius 1 is 1.13 bits per heavy atom. The summed E-state index contributed by atoms with van der Waals surface area (Å²) in [6.45, 7) is 3.10. The van der Waals surface area contributed by atoms with Crippen LogP contribution in [0.2, 0.25) is 0 Å². The molecule has 3 aromatic rings. The van der Waals surface area contributed by atoms with Crippen molar-refractivity contribution in [2.24, 2.45) is 0 Å². The van der Waals surface area contributed by atoms with Crippen LogP contribution in [-0.4, -0.2) is 10.9 Å². The molecule has 0 radical (unpaired) electrons. The van der Waals surface area contributed by atoms with Gasteiger partial charge in [-0.2, -0.15) is 5.26 Å². The Labute approximate surface area is 193 Å². The van der Waals surface area contributed by atoms with Crippen molar-refractivity contribution in [1.82, 2.24) is 4.90 Å². The normalized spacial score (nSPS) is 13.6. The molecule has 0 saturated carbocycles. The maximum Gasteiger partial charge on any atom is 1.00 e. The number of aliphatic carboxylic acids is 1. The van der Waals surface area contributed by atoms with Crippen LogP contribution in [0.1, 0.15) is 40.2 Å². The number of furan rings is 1.